The number of rotatable bonds is 7. The van der Waals surface area contributed by atoms with E-state index in [-0.39, 0.29) is 0 Å². The van der Waals surface area contributed by atoms with Gasteiger partial charge in [0, 0.05) is 44.5 Å². The third-order valence-electron chi connectivity index (χ3n) is 4.33. The summed E-state index contributed by atoms with van der Waals surface area (Å²) in [5.74, 6) is 0.925. The Bertz CT molecular complexity index is 393. The molecule has 0 spiro atoms. The molecular formula is C17H29N3O. The molecule has 2 rings (SSSR count). The summed E-state index contributed by atoms with van der Waals surface area (Å²) in [5.41, 5.74) is 1.30. The number of methoxy groups -OCH3 is 1. The van der Waals surface area contributed by atoms with Crippen LogP contribution in [0.3, 0.4) is 0 Å². The van der Waals surface area contributed by atoms with Crippen molar-refractivity contribution in [2.45, 2.75) is 25.8 Å². The molecule has 1 aromatic rings. The molecule has 1 aromatic carbocycles. The van der Waals surface area contributed by atoms with Crippen LogP contribution in [0.4, 0.5) is 5.69 Å². The molecule has 4 nitrogen and oxygen atoms in total. The summed E-state index contributed by atoms with van der Waals surface area (Å²) in [7, 11) is 3.76. The van der Waals surface area contributed by atoms with Crippen LogP contribution in [-0.4, -0.2) is 57.8 Å². The topological polar surface area (TPSA) is 27.7 Å². The van der Waals surface area contributed by atoms with Gasteiger partial charge in [0.2, 0.25) is 0 Å². The molecule has 0 bridgehead atoms. The standard InChI is InChI=1S/C17H29N3O/c1-4-5-16(14-18-2)20-12-10-19(11-13-20)15-6-8-17(21-3)9-7-15/h6-9,16,18H,4-5,10-14H2,1-3H3. The molecule has 1 N–H and O–H groups in total. The number of anilines is 1. The van der Waals surface area contributed by atoms with Gasteiger partial charge < -0.3 is 15.0 Å². The first-order valence-corrected chi connectivity index (χ1v) is 8.06. The summed E-state index contributed by atoms with van der Waals surface area (Å²) >= 11 is 0. The number of nitrogens with zero attached hydrogens (tertiary/aromatic N) is 2. The fourth-order valence-electron chi connectivity index (χ4n) is 3.12. The molecule has 1 unspecified atom stereocenters. The van der Waals surface area contributed by atoms with E-state index >= 15 is 0 Å². The zero-order chi connectivity index (χ0) is 15.1. The van der Waals surface area contributed by atoms with Crippen LogP contribution in [0.5, 0.6) is 5.75 Å². The van der Waals surface area contributed by atoms with Gasteiger partial charge in [-0.3, -0.25) is 4.90 Å². The smallest absolute Gasteiger partial charge is 0.119 e. The predicted octanol–water partition coefficient (Wildman–Crippen LogP) is 2.21. The fourth-order valence-corrected chi connectivity index (χ4v) is 3.12. The van der Waals surface area contributed by atoms with Crippen LogP contribution in [0.25, 0.3) is 0 Å². The quantitative estimate of drug-likeness (QED) is 0.833. The Morgan fingerprint density at radius 2 is 1.81 bits per heavy atom. The van der Waals surface area contributed by atoms with Gasteiger partial charge in [0.1, 0.15) is 5.75 Å². The van der Waals surface area contributed by atoms with Crippen LogP contribution in [0.1, 0.15) is 19.8 Å². The Kier molecular flexibility index (Phi) is 6.33. The van der Waals surface area contributed by atoms with E-state index in [4.69, 9.17) is 4.74 Å². The van der Waals surface area contributed by atoms with E-state index in [0.29, 0.717) is 6.04 Å². The van der Waals surface area contributed by atoms with E-state index in [9.17, 15) is 0 Å². The molecule has 1 saturated heterocycles. The second-order valence-corrected chi connectivity index (χ2v) is 5.72. The summed E-state index contributed by atoms with van der Waals surface area (Å²) < 4.78 is 5.23. The Morgan fingerprint density at radius 3 is 2.33 bits per heavy atom. The summed E-state index contributed by atoms with van der Waals surface area (Å²) in [4.78, 5) is 5.11. The molecule has 1 atom stereocenters. The van der Waals surface area contributed by atoms with E-state index in [1.807, 2.05) is 12.1 Å². The average molecular weight is 291 g/mol. The van der Waals surface area contributed by atoms with Crippen molar-refractivity contribution >= 4 is 5.69 Å². The normalized spacial score (nSPS) is 17.8. The zero-order valence-electron chi connectivity index (χ0n) is 13.6. The molecule has 1 aliphatic heterocycles. The van der Waals surface area contributed by atoms with Gasteiger partial charge in [0.15, 0.2) is 0 Å². The van der Waals surface area contributed by atoms with Crippen LogP contribution in [0, 0.1) is 0 Å². The lowest BCUT2D eigenvalue weighted by atomic mass is 10.1. The minimum absolute atomic E-state index is 0.679. The van der Waals surface area contributed by atoms with E-state index < -0.39 is 0 Å². The van der Waals surface area contributed by atoms with Crippen LogP contribution < -0.4 is 15.0 Å². The van der Waals surface area contributed by atoms with Crippen molar-refractivity contribution in [3.05, 3.63) is 24.3 Å². The summed E-state index contributed by atoms with van der Waals surface area (Å²) in [6.45, 7) is 7.88. The van der Waals surface area contributed by atoms with E-state index in [1.54, 1.807) is 7.11 Å². The number of benzene rings is 1. The third kappa shape index (κ3) is 4.35. The van der Waals surface area contributed by atoms with Crippen LogP contribution in [0.15, 0.2) is 24.3 Å². The number of hydrogen-bond donors (Lipinski definition) is 1. The second kappa shape index (κ2) is 8.25. The maximum atomic E-state index is 5.23. The lowest BCUT2D eigenvalue weighted by Crippen LogP contribution is -2.52. The number of nitrogens with one attached hydrogen (secondary N) is 1. The van der Waals surface area contributed by atoms with Gasteiger partial charge in [-0.2, -0.15) is 0 Å². The molecule has 1 aliphatic rings. The van der Waals surface area contributed by atoms with Crippen molar-refractivity contribution in [2.75, 3.05) is 51.8 Å². The molecule has 0 radical (unpaired) electrons. The highest BCUT2D eigenvalue weighted by atomic mass is 16.5. The van der Waals surface area contributed by atoms with Gasteiger partial charge in [0.05, 0.1) is 7.11 Å². The molecule has 118 valence electrons. The van der Waals surface area contributed by atoms with E-state index in [0.717, 1.165) is 38.5 Å². The monoisotopic (exact) mass is 291 g/mol. The largest absolute Gasteiger partial charge is 0.497 e. The van der Waals surface area contributed by atoms with Crippen LogP contribution in [0.2, 0.25) is 0 Å². The lowest BCUT2D eigenvalue weighted by Gasteiger charge is -2.40. The molecule has 0 aliphatic carbocycles. The number of hydrogen-bond acceptors (Lipinski definition) is 4. The van der Waals surface area contributed by atoms with Crippen molar-refractivity contribution in [3.8, 4) is 5.75 Å². The van der Waals surface area contributed by atoms with Crippen molar-refractivity contribution in [1.29, 1.82) is 0 Å². The Hall–Kier alpha value is -1.26. The maximum absolute atomic E-state index is 5.23. The van der Waals surface area contributed by atoms with Gasteiger partial charge in [-0.05, 0) is 37.7 Å². The van der Waals surface area contributed by atoms with Crippen LogP contribution in [-0.2, 0) is 0 Å². The van der Waals surface area contributed by atoms with Gasteiger partial charge >= 0.3 is 0 Å². The van der Waals surface area contributed by atoms with Gasteiger partial charge in [-0.25, -0.2) is 0 Å². The van der Waals surface area contributed by atoms with Gasteiger partial charge in [-0.15, -0.1) is 0 Å². The summed E-state index contributed by atoms with van der Waals surface area (Å²) in [6.07, 6.45) is 2.54. The average Bonchev–Trinajstić information content (AvgIpc) is 2.55. The van der Waals surface area contributed by atoms with Crippen molar-refractivity contribution in [2.24, 2.45) is 0 Å². The highest BCUT2D eigenvalue weighted by Gasteiger charge is 2.22. The molecular weight excluding hydrogens is 262 g/mol. The van der Waals surface area contributed by atoms with Crippen molar-refractivity contribution in [1.82, 2.24) is 10.2 Å². The van der Waals surface area contributed by atoms with Gasteiger partial charge in [-0.1, -0.05) is 13.3 Å². The van der Waals surface area contributed by atoms with Crippen LogP contribution >= 0.6 is 0 Å². The van der Waals surface area contributed by atoms with Crippen molar-refractivity contribution < 1.29 is 4.74 Å². The van der Waals surface area contributed by atoms with Gasteiger partial charge in [0.25, 0.3) is 0 Å². The fraction of sp³-hybridized carbons (Fsp3) is 0.647. The van der Waals surface area contributed by atoms with E-state index in [2.05, 4.69) is 41.2 Å². The lowest BCUT2D eigenvalue weighted by molar-refractivity contribution is 0.173. The predicted molar refractivity (Wildman–Crippen MR) is 89.4 cm³/mol. The Morgan fingerprint density at radius 1 is 1.14 bits per heavy atom. The Labute approximate surface area is 129 Å². The zero-order valence-corrected chi connectivity index (χ0v) is 13.6. The first-order chi connectivity index (χ1) is 10.3. The first-order valence-electron chi connectivity index (χ1n) is 8.06. The molecule has 0 aromatic heterocycles. The minimum atomic E-state index is 0.679. The van der Waals surface area contributed by atoms with E-state index in [1.165, 1.54) is 18.5 Å². The highest BCUT2D eigenvalue weighted by Crippen LogP contribution is 2.21. The molecule has 1 fully saturated rings. The molecule has 4 heteroatoms. The highest BCUT2D eigenvalue weighted by molar-refractivity contribution is 5.49. The SMILES string of the molecule is CCCC(CNC)N1CCN(c2ccc(OC)cc2)CC1. The molecule has 1 heterocycles. The minimum Gasteiger partial charge on any atom is -0.497 e. The molecule has 0 saturated carbocycles. The maximum Gasteiger partial charge on any atom is 0.119 e. The second-order valence-electron chi connectivity index (χ2n) is 5.72. The number of likely N-dealkylation sites (N-methyl/N-ethyl adjacent to an activating group) is 1. The number of piperazine rings is 1. The molecule has 0 amide bonds. The Balaban J connectivity index is 1.89. The first kappa shape index (κ1) is 16.1. The van der Waals surface area contributed by atoms with Crippen molar-refractivity contribution in [3.63, 3.8) is 0 Å². The third-order valence-corrected chi connectivity index (χ3v) is 4.33. The summed E-state index contributed by atoms with van der Waals surface area (Å²) in [5, 5.41) is 3.34. The summed E-state index contributed by atoms with van der Waals surface area (Å²) in [6, 6.07) is 9.08. The number of ether oxygens (including phenoxy) is 1. The molecule has 21 heavy (non-hydrogen) atoms.